The van der Waals surface area contributed by atoms with E-state index in [1.807, 2.05) is 32.9 Å². The molecule has 2 aliphatic heterocycles. The minimum Gasteiger partial charge on any atom is -0.354 e. The maximum absolute atomic E-state index is 12.3. The minimum atomic E-state index is -0.239. The quantitative estimate of drug-likeness (QED) is 0.822. The van der Waals surface area contributed by atoms with Crippen molar-refractivity contribution in [3.63, 3.8) is 0 Å². The summed E-state index contributed by atoms with van der Waals surface area (Å²) in [4.78, 5) is 24.4. The number of nitrogens with one attached hydrogen (secondary N) is 1. The Bertz CT molecular complexity index is 651. The maximum atomic E-state index is 12.3. The van der Waals surface area contributed by atoms with Crippen LogP contribution in [0.15, 0.2) is 18.3 Å². The highest BCUT2D eigenvalue weighted by Crippen LogP contribution is 2.21. The normalized spacial score (nSPS) is 20.3. The predicted octanol–water partition coefficient (Wildman–Crippen LogP) is 2.85. The van der Waals surface area contributed by atoms with Crippen molar-refractivity contribution in [3.8, 4) is 0 Å². The molecular formula is C23H39N5O. The Morgan fingerprint density at radius 1 is 1.10 bits per heavy atom. The third-order valence-electron chi connectivity index (χ3n) is 6.09. The fourth-order valence-corrected chi connectivity index (χ4v) is 4.30. The van der Waals surface area contributed by atoms with E-state index in [4.69, 9.17) is 0 Å². The van der Waals surface area contributed by atoms with Crippen molar-refractivity contribution < 1.29 is 4.79 Å². The Kier molecular flexibility index (Phi) is 7.17. The molecule has 6 heteroatoms. The van der Waals surface area contributed by atoms with E-state index in [1.165, 1.54) is 32.5 Å². The molecule has 0 bridgehead atoms. The van der Waals surface area contributed by atoms with E-state index in [9.17, 15) is 4.79 Å². The van der Waals surface area contributed by atoms with Crippen LogP contribution in [0.1, 0.15) is 57.8 Å². The van der Waals surface area contributed by atoms with E-state index in [-0.39, 0.29) is 11.4 Å². The zero-order valence-corrected chi connectivity index (χ0v) is 18.9. The average Bonchev–Trinajstić information content (AvgIpc) is 2.68. The number of nitrogens with zero attached hydrogens (tertiary/aromatic N) is 4. The summed E-state index contributed by atoms with van der Waals surface area (Å²) in [7, 11) is 0. The number of hydrogen-bond donors (Lipinski definition) is 1. The standard InChI is InChI=1S/C23H39N5O/c1-18(2)27-10-8-19(9-11-27)17-26-12-14-28(15-13-26)21-7-6-20(16-24-21)22(29)25-23(3,4)5/h6-7,16,18-19H,8-15,17H2,1-5H3,(H,25,29). The Hall–Kier alpha value is -1.66. The summed E-state index contributed by atoms with van der Waals surface area (Å²) in [5.74, 6) is 1.75. The molecule has 0 aliphatic carbocycles. The molecule has 3 rings (SSSR count). The molecule has 2 saturated heterocycles. The number of piperazine rings is 1. The topological polar surface area (TPSA) is 51.7 Å². The molecule has 162 valence electrons. The maximum Gasteiger partial charge on any atom is 0.253 e. The monoisotopic (exact) mass is 401 g/mol. The molecular weight excluding hydrogens is 362 g/mol. The van der Waals surface area contributed by atoms with E-state index in [0.29, 0.717) is 11.6 Å². The van der Waals surface area contributed by atoms with Crippen LogP contribution in [0.2, 0.25) is 0 Å². The second kappa shape index (κ2) is 9.43. The van der Waals surface area contributed by atoms with Gasteiger partial charge in [0.25, 0.3) is 5.91 Å². The fraction of sp³-hybridized carbons (Fsp3) is 0.739. The second-order valence-electron chi connectivity index (χ2n) is 9.97. The highest BCUT2D eigenvalue weighted by molar-refractivity contribution is 5.94. The summed E-state index contributed by atoms with van der Waals surface area (Å²) >= 11 is 0. The SMILES string of the molecule is CC(C)N1CCC(CN2CCN(c3ccc(C(=O)NC(C)(C)C)cn3)CC2)CC1. The molecule has 1 amide bonds. The Labute approximate surface area is 176 Å². The Morgan fingerprint density at radius 2 is 1.76 bits per heavy atom. The number of aromatic nitrogens is 1. The Morgan fingerprint density at radius 3 is 2.28 bits per heavy atom. The zero-order valence-electron chi connectivity index (χ0n) is 18.9. The van der Waals surface area contributed by atoms with Crippen LogP contribution in [0.5, 0.6) is 0 Å². The summed E-state index contributed by atoms with van der Waals surface area (Å²) < 4.78 is 0. The first-order valence-corrected chi connectivity index (χ1v) is 11.2. The van der Waals surface area contributed by atoms with Gasteiger partial charge in [0.1, 0.15) is 5.82 Å². The number of likely N-dealkylation sites (tertiary alicyclic amines) is 1. The summed E-state index contributed by atoms with van der Waals surface area (Å²) in [5.41, 5.74) is 0.382. The lowest BCUT2D eigenvalue weighted by Crippen LogP contribution is -2.49. The summed E-state index contributed by atoms with van der Waals surface area (Å²) in [6, 6.07) is 4.55. The smallest absolute Gasteiger partial charge is 0.253 e. The number of carbonyl (C=O) groups is 1. The third kappa shape index (κ3) is 6.41. The van der Waals surface area contributed by atoms with E-state index >= 15 is 0 Å². The van der Waals surface area contributed by atoms with Crippen molar-refractivity contribution in [1.82, 2.24) is 20.1 Å². The van der Waals surface area contributed by atoms with Gasteiger partial charge in [-0.3, -0.25) is 9.69 Å². The molecule has 1 aromatic rings. The fourth-order valence-electron chi connectivity index (χ4n) is 4.30. The number of anilines is 1. The van der Waals surface area contributed by atoms with Gasteiger partial charge in [-0.2, -0.15) is 0 Å². The first-order chi connectivity index (χ1) is 13.7. The van der Waals surface area contributed by atoms with Crippen molar-refractivity contribution in [1.29, 1.82) is 0 Å². The van der Waals surface area contributed by atoms with Gasteiger partial charge in [-0.05, 0) is 78.6 Å². The molecule has 1 N–H and O–H groups in total. The molecule has 1 aromatic heterocycles. The summed E-state index contributed by atoms with van der Waals surface area (Å²) in [6.07, 6.45) is 4.36. The van der Waals surface area contributed by atoms with E-state index in [2.05, 4.69) is 38.8 Å². The van der Waals surface area contributed by atoms with Crippen molar-refractivity contribution in [2.24, 2.45) is 5.92 Å². The van der Waals surface area contributed by atoms with Gasteiger partial charge in [0.2, 0.25) is 0 Å². The Balaban J connectivity index is 1.44. The van der Waals surface area contributed by atoms with Gasteiger partial charge in [-0.1, -0.05) is 0 Å². The van der Waals surface area contributed by atoms with Crippen molar-refractivity contribution >= 4 is 11.7 Å². The van der Waals surface area contributed by atoms with Crippen LogP contribution in [0.4, 0.5) is 5.82 Å². The third-order valence-corrected chi connectivity index (χ3v) is 6.09. The van der Waals surface area contributed by atoms with Gasteiger partial charge in [-0.15, -0.1) is 0 Å². The lowest BCUT2D eigenvalue weighted by Gasteiger charge is -2.40. The largest absolute Gasteiger partial charge is 0.354 e. The molecule has 0 radical (unpaired) electrons. The van der Waals surface area contributed by atoms with Gasteiger partial charge in [0, 0.05) is 50.5 Å². The van der Waals surface area contributed by atoms with Crippen molar-refractivity contribution in [2.75, 3.05) is 50.7 Å². The summed E-state index contributed by atoms with van der Waals surface area (Å²) in [6.45, 7) is 18.5. The molecule has 2 fully saturated rings. The van der Waals surface area contributed by atoms with Crippen LogP contribution in [-0.2, 0) is 0 Å². The molecule has 0 spiro atoms. The molecule has 3 heterocycles. The van der Waals surface area contributed by atoms with Crippen LogP contribution in [0.3, 0.4) is 0 Å². The van der Waals surface area contributed by atoms with Crippen molar-refractivity contribution in [3.05, 3.63) is 23.9 Å². The molecule has 0 aromatic carbocycles. The van der Waals surface area contributed by atoms with Crippen LogP contribution in [-0.4, -0.2) is 78.1 Å². The van der Waals surface area contributed by atoms with E-state index in [1.54, 1.807) is 6.20 Å². The van der Waals surface area contributed by atoms with E-state index < -0.39 is 0 Å². The van der Waals surface area contributed by atoms with Gasteiger partial charge < -0.3 is 15.1 Å². The van der Waals surface area contributed by atoms with Gasteiger partial charge >= 0.3 is 0 Å². The first-order valence-electron chi connectivity index (χ1n) is 11.2. The number of rotatable bonds is 5. The molecule has 6 nitrogen and oxygen atoms in total. The van der Waals surface area contributed by atoms with Crippen LogP contribution in [0, 0.1) is 5.92 Å². The second-order valence-corrected chi connectivity index (χ2v) is 9.97. The van der Waals surface area contributed by atoms with Crippen LogP contribution in [0.25, 0.3) is 0 Å². The number of pyridine rings is 1. The summed E-state index contributed by atoms with van der Waals surface area (Å²) in [5, 5.41) is 2.99. The van der Waals surface area contributed by atoms with Crippen molar-refractivity contribution in [2.45, 2.75) is 59.0 Å². The highest BCUT2D eigenvalue weighted by atomic mass is 16.1. The first kappa shape index (κ1) is 22.0. The van der Waals surface area contributed by atoms with Gasteiger partial charge in [0.15, 0.2) is 0 Å². The average molecular weight is 402 g/mol. The van der Waals surface area contributed by atoms with Gasteiger partial charge in [0.05, 0.1) is 5.56 Å². The van der Waals surface area contributed by atoms with Gasteiger partial charge in [-0.25, -0.2) is 4.98 Å². The molecule has 0 unspecified atom stereocenters. The predicted molar refractivity (Wildman–Crippen MR) is 120 cm³/mol. The molecule has 29 heavy (non-hydrogen) atoms. The van der Waals surface area contributed by atoms with E-state index in [0.717, 1.165) is 37.9 Å². The van der Waals surface area contributed by atoms with Crippen LogP contribution >= 0.6 is 0 Å². The van der Waals surface area contributed by atoms with Crippen LogP contribution < -0.4 is 10.2 Å². The lowest BCUT2D eigenvalue weighted by molar-refractivity contribution is 0.0919. The number of piperidine rings is 1. The minimum absolute atomic E-state index is 0.0649. The molecule has 2 aliphatic rings. The number of amides is 1. The zero-order chi connectivity index (χ0) is 21.0. The highest BCUT2D eigenvalue weighted by Gasteiger charge is 2.25. The molecule has 0 saturated carbocycles. The molecule has 0 atom stereocenters. The number of carbonyl (C=O) groups excluding carboxylic acids is 1. The lowest BCUT2D eigenvalue weighted by atomic mass is 9.95. The number of hydrogen-bond acceptors (Lipinski definition) is 5.